The number of aromatic nitrogens is 1. The normalized spacial score (nSPS) is 15.3. The fraction of sp³-hybridized carbons (Fsp3) is 0.261. The van der Waals surface area contributed by atoms with E-state index in [1.165, 1.54) is 5.56 Å². The lowest BCUT2D eigenvalue weighted by molar-refractivity contribution is -0.130. The third kappa shape index (κ3) is 2.71. The molecule has 0 radical (unpaired) electrons. The molecule has 1 aliphatic heterocycles. The van der Waals surface area contributed by atoms with Gasteiger partial charge in [0.05, 0.1) is 11.2 Å². The largest absolute Gasteiger partial charge is 0.342 e. The number of allylic oxidation sites excluding steroid dienone is 1. The average Bonchev–Trinajstić information content (AvgIpc) is 3.04. The van der Waals surface area contributed by atoms with Crippen LogP contribution in [-0.2, 0) is 4.79 Å². The third-order valence-corrected chi connectivity index (χ3v) is 6.53. The Hall–Kier alpha value is -2.46. The zero-order chi connectivity index (χ0) is 19.1. The number of rotatable bonds is 4. The first kappa shape index (κ1) is 17.9. The van der Waals surface area contributed by atoms with Gasteiger partial charge in [0.25, 0.3) is 0 Å². The first-order valence-electron chi connectivity index (χ1n) is 9.42. The van der Waals surface area contributed by atoms with Gasteiger partial charge in [0.1, 0.15) is 5.25 Å². The summed E-state index contributed by atoms with van der Waals surface area (Å²) in [5.74, 6) is 0.186. The van der Waals surface area contributed by atoms with Gasteiger partial charge in [-0.05, 0) is 32.9 Å². The van der Waals surface area contributed by atoms with Gasteiger partial charge in [0.2, 0.25) is 5.91 Å². The first-order valence-corrected chi connectivity index (χ1v) is 10.3. The second-order valence-electron chi connectivity index (χ2n) is 6.85. The number of hydrogen-bond donors (Lipinski definition) is 0. The first-order chi connectivity index (χ1) is 13.1. The molecule has 2 aromatic carbocycles. The number of carbonyl (C=O) groups is 1. The minimum absolute atomic E-state index is 0.186. The summed E-state index contributed by atoms with van der Waals surface area (Å²) in [6.45, 7) is 11.8. The van der Waals surface area contributed by atoms with Gasteiger partial charge in [-0.15, -0.1) is 11.8 Å². The zero-order valence-electron chi connectivity index (χ0n) is 16.0. The number of fused-ring (bicyclic) bond motifs is 5. The highest BCUT2D eigenvalue weighted by molar-refractivity contribution is 8.00. The summed E-state index contributed by atoms with van der Waals surface area (Å²) in [6, 6.07) is 16.7. The van der Waals surface area contributed by atoms with E-state index in [9.17, 15) is 4.79 Å². The van der Waals surface area contributed by atoms with E-state index in [1.54, 1.807) is 11.8 Å². The molecular weight excluding hydrogens is 352 g/mol. The molecule has 1 aliphatic rings. The van der Waals surface area contributed by atoms with E-state index in [2.05, 4.69) is 47.5 Å². The lowest BCUT2D eigenvalue weighted by Crippen LogP contribution is -2.34. The Bertz CT molecular complexity index is 1050. The van der Waals surface area contributed by atoms with Crippen LogP contribution in [-0.4, -0.2) is 28.5 Å². The molecule has 0 aliphatic carbocycles. The molecule has 1 unspecified atom stereocenters. The highest BCUT2D eigenvalue weighted by Gasteiger charge is 2.37. The van der Waals surface area contributed by atoms with E-state index >= 15 is 0 Å². The van der Waals surface area contributed by atoms with Crippen LogP contribution < -0.4 is 0 Å². The van der Waals surface area contributed by atoms with E-state index in [4.69, 9.17) is 0 Å². The Kier molecular flexibility index (Phi) is 4.60. The molecule has 1 aromatic heterocycles. The molecule has 0 N–H and O–H groups in total. The van der Waals surface area contributed by atoms with Gasteiger partial charge >= 0.3 is 0 Å². The minimum atomic E-state index is -0.236. The standard InChI is InChI=1S/C23H24N2OS/c1-5-24(6-2)23(26)22-20-16-11-7-9-13-18(16)25(15(3)4)21(20)17-12-8-10-14-19(17)27-22/h7-14,22H,3,5-6H2,1-2,4H3. The summed E-state index contributed by atoms with van der Waals surface area (Å²) in [6.07, 6.45) is 0. The van der Waals surface area contributed by atoms with Crippen LogP contribution in [0.1, 0.15) is 31.6 Å². The summed E-state index contributed by atoms with van der Waals surface area (Å²) in [4.78, 5) is 16.5. The molecule has 0 saturated heterocycles. The second kappa shape index (κ2) is 6.93. The molecule has 27 heavy (non-hydrogen) atoms. The maximum Gasteiger partial charge on any atom is 0.240 e. The number of amides is 1. The molecule has 4 heteroatoms. The van der Waals surface area contributed by atoms with Crippen molar-refractivity contribution < 1.29 is 4.79 Å². The molecular formula is C23H24N2OS. The zero-order valence-corrected chi connectivity index (χ0v) is 16.8. The quantitative estimate of drug-likeness (QED) is 0.574. The van der Waals surface area contributed by atoms with Crippen molar-refractivity contribution in [3.8, 4) is 11.3 Å². The van der Waals surface area contributed by atoms with Gasteiger partial charge in [0, 0.05) is 40.2 Å². The van der Waals surface area contributed by atoms with Crippen LogP contribution in [0.25, 0.3) is 27.9 Å². The van der Waals surface area contributed by atoms with Crippen LogP contribution in [0.5, 0.6) is 0 Å². The molecule has 0 fully saturated rings. The Balaban J connectivity index is 2.07. The molecule has 3 nitrogen and oxygen atoms in total. The number of para-hydroxylation sites is 1. The maximum absolute atomic E-state index is 13.4. The van der Waals surface area contributed by atoms with E-state index in [-0.39, 0.29) is 11.2 Å². The van der Waals surface area contributed by atoms with Crippen LogP contribution in [0.2, 0.25) is 0 Å². The fourth-order valence-corrected chi connectivity index (χ4v) is 5.33. The highest BCUT2D eigenvalue weighted by Crippen LogP contribution is 2.53. The van der Waals surface area contributed by atoms with Crippen molar-refractivity contribution in [2.75, 3.05) is 13.1 Å². The van der Waals surface area contributed by atoms with Gasteiger partial charge < -0.3 is 9.47 Å². The Morgan fingerprint density at radius 1 is 1.11 bits per heavy atom. The van der Waals surface area contributed by atoms with E-state index in [1.807, 2.05) is 37.8 Å². The van der Waals surface area contributed by atoms with Crippen molar-refractivity contribution in [2.45, 2.75) is 30.9 Å². The van der Waals surface area contributed by atoms with Crippen molar-refractivity contribution in [3.05, 3.63) is 60.7 Å². The van der Waals surface area contributed by atoms with Gasteiger partial charge in [-0.25, -0.2) is 0 Å². The smallest absolute Gasteiger partial charge is 0.240 e. The molecule has 0 spiro atoms. The van der Waals surface area contributed by atoms with Crippen molar-refractivity contribution in [1.29, 1.82) is 0 Å². The van der Waals surface area contributed by atoms with E-state index in [0.717, 1.165) is 45.8 Å². The van der Waals surface area contributed by atoms with E-state index < -0.39 is 0 Å². The molecule has 2 heterocycles. The van der Waals surface area contributed by atoms with Crippen LogP contribution in [0.4, 0.5) is 0 Å². The molecule has 1 atom stereocenters. The Morgan fingerprint density at radius 3 is 2.48 bits per heavy atom. The summed E-state index contributed by atoms with van der Waals surface area (Å²) < 4.78 is 2.21. The number of carbonyl (C=O) groups excluding carboxylic acids is 1. The van der Waals surface area contributed by atoms with E-state index in [0.29, 0.717) is 0 Å². The van der Waals surface area contributed by atoms with Gasteiger partial charge in [-0.1, -0.05) is 43.0 Å². The molecule has 4 rings (SSSR count). The lowest BCUT2D eigenvalue weighted by Gasteiger charge is -2.30. The number of benzene rings is 2. The SMILES string of the molecule is C=C(C)n1c2c(c3ccccc31)C(C(=O)N(CC)CC)Sc1ccccc1-2. The van der Waals surface area contributed by atoms with Crippen LogP contribution in [0, 0.1) is 0 Å². The monoisotopic (exact) mass is 376 g/mol. The predicted molar refractivity (Wildman–Crippen MR) is 115 cm³/mol. The predicted octanol–water partition coefficient (Wildman–Crippen LogP) is 5.81. The number of thioether (sulfide) groups is 1. The van der Waals surface area contributed by atoms with Gasteiger partial charge in [-0.3, -0.25) is 4.79 Å². The molecule has 3 aromatic rings. The Labute approximate surface area is 164 Å². The van der Waals surface area contributed by atoms with Gasteiger partial charge in [-0.2, -0.15) is 0 Å². The maximum atomic E-state index is 13.4. The summed E-state index contributed by atoms with van der Waals surface area (Å²) in [7, 11) is 0. The number of nitrogens with zero attached hydrogens (tertiary/aromatic N) is 2. The van der Waals surface area contributed by atoms with Crippen LogP contribution >= 0.6 is 11.8 Å². The second-order valence-corrected chi connectivity index (χ2v) is 8.00. The molecule has 138 valence electrons. The highest BCUT2D eigenvalue weighted by atomic mass is 32.2. The molecule has 0 saturated carbocycles. The third-order valence-electron chi connectivity index (χ3n) is 5.24. The molecule has 0 bridgehead atoms. The van der Waals surface area contributed by atoms with Crippen LogP contribution in [0.3, 0.4) is 0 Å². The average molecular weight is 377 g/mol. The summed E-state index contributed by atoms with van der Waals surface area (Å²) in [5.41, 5.74) is 5.49. The topological polar surface area (TPSA) is 25.2 Å². The van der Waals surface area contributed by atoms with Crippen molar-refractivity contribution in [1.82, 2.24) is 9.47 Å². The summed E-state index contributed by atoms with van der Waals surface area (Å²) in [5, 5.41) is 0.906. The van der Waals surface area contributed by atoms with Crippen molar-refractivity contribution >= 4 is 34.3 Å². The summed E-state index contributed by atoms with van der Waals surface area (Å²) >= 11 is 1.67. The van der Waals surface area contributed by atoms with Crippen molar-refractivity contribution in [2.24, 2.45) is 0 Å². The molecule has 1 amide bonds. The van der Waals surface area contributed by atoms with Gasteiger partial charge in [0.15, 0.2) is 0 Å². The van der Waals surface area contributed by atoms with Crippen molar-refractivity contribution in [3.63, 3.8) is 0 Å². The fourth-order valence-electron chi connectivity index (χ4n) is 4.02. The van der Waals surface area contributed by atoms with Crippen LogP contribution in [0.15, 0.2) is 60.0 Å². The Morgan fingerprint density at radius 2 is 1.78 bits per heavy atom. The number of likely N-dealkylation sites (N-methyl/N-ethyl adjacent to an activating group) is 1. The minimum Gasteiger partial charge on any atom is -0.342 e. The lowest BCUT2D eigenvalue weighted by atomic mass is 10.0. The number of hydrogen-bond acceptors (Lipinski definition) is 2.